The van der Waals surface area contributed by atoms with E-state index in [0.29, 0.717) is 39.4 Å². The highest BCUT2D eigenvalue weighted by atomic mass is 79.9. The highest BCUT2D eigenvalue weighted by molar-refractivity contribution is 9.10. The topological polar surface area (TPSA) is 85.9 Å². The number of halogens is 1. The van der Waals surface area contributed by atoms with Crippen LogP contribution >= 0.6 is 15.9 Å². The van der Waals surface area contributed by atoms with Crippen molar-refractivity contribution in [2.24, 2.45) is 0 Å². The van der Waals surface area contributed by atoms with Crippen LogP contribution in [0.1, 0.15) is 38.3 Å². The summed E-state index contributed by atoms with van der Waals surface area (Å²) < 4.78 is 16.8. The number of hydrogen-bond donors (Lipinski definition) is 2. The van der Waals surface area contributed by atoms with Crippen molar-refractivity contribution in [3.05, 3.63) is 33.4 Å². The number of unbranched alkanes of at least 4 members (excludes halogenated alkanes) is 1. The molecular weight excluding hydrogens is 392 g/mol. The zero-order valence-corrected chi connectivity index (χ0v) is 15.6. The van der Waals surface area contributed by atoms with Crippen LogP contribution in [-0.2, 0) is 9.53 Å². The zero-order valence-electron chi connectivity index (χ0n) is 14.0. The van der Waals surface area contributed by atoms with Gasteiger partial charge in [-0.2, -0.15) is 0 Å². The van der Waals surface area contributed by atoms with Crippen LogP contribution in [-0.4, -0.2) is 25.4 Å². The third-order valence-corrected chi connectivity index (χ3v) is 4.71. The molecule has 0 radical (unpaired) electrons. The normalized spacial score (nSPS) is 18.7. The summed E-state index contributed by atoms with van der Waals surface area (Å²) in [7, 11) is 0. The van der Waals surface area contributed by atoms with Gasteiger partial charge in [0.2, 0.25) is 6.79 Å². The number of ether oxygens (including phenoxy) is 3. The molecule has 25 heavy (non-hydrogen) atoms. The van der Waals surface area contributed by atoms with E-state index in [2.05, 4.69) is 26.6 Å². The lowest BCUT2D eigenvalue weighted by molar-refractivity contribution is -0.139. The summed E-state index contributed by atoms with van der Waals surface area (Å²) in [5, 5.41) is 5.41. The fraction of sp³-hybridized carbons (Fsp3) is 0.412. The Kier molecular flexibility index (Phi) is 5.17. The van der Waals surface area contributed by atoms with Crippen LogP contribution in [0.3, 0.4) is 0 Å². The van der Waals surface area contributed by atoms with Crippen LogP contribution < -0.4 is 20.1 Å². The predicted octanol–water partition coefficient (Wildman–Crippen LogP) is 3.15. The first-order chi connectivity index (χ1) is 12.0. The van der Waals surface area contributed by atoms with Crippen molar-refractivity contribution < 1.29 is 23.8 Å². The van der Waals surface area contributed by atoms with Gasteiger partial charge in [0.05, 0.1) is 18.2 Å². The van der Waals surface area contributed by atoms with E-state index in [0.717, 1.165) is 12.8 Å². The van der Waals surface area contributed by atoms with E-state index in [1.807, 2.05) is 6.92 Å². The van der Waals surface area contributed by atoms with Gasteiger partial charge in [0.25, 0.3) is 0 Å². The van der Waals surface area contributed by atoms with Crippen LogP contribution in [0.5, 0.6) is 11.5 Å². The maximum Gasteiger partial charge on any atom is 0.338 e. The summed E-state index contributed by atoms with van der Waals surface area (Å²) in [5.41, 5.74) is 1.54. The molecule has 2 aliphatic heterocycles. The summed E-state index contributed by atoms with van der Waals surface area (Å²) in [6, 6.07) is 2.50. The number of esters is 1. The van der Waals surface area contributed by atoms with Gasteiger partial charge in [-0.25, -0.2) is 9.59 Å². The van der Waals surface area contributed by atoms with Gasteiger partial charge < -0.3 is 24.8 Å². The molecule has 8 heteroatoms. The molecular formula is C17H19BrN2O5. The highest BCUT2D eigenvalue weighted by Crippen LogP contribution is 2.41. The van der Waals surface area contributed by atoms with Gasteiger partial charge in [-0.3, -0.25) is 0 Å². The first-order valence-corrected chi connectivity index (χ1v) is 8.85. The lowest BCUT2D eigenvalue weighted by atomic mass is 9.95. The minimum Gasteiger partial charge on any atom is -0.462 e. The third kappa shape index (κ3) is 3.58. The van der Waals surface area contributed by atoms with Crippen LogP contribution in [0.25, 0.3) is 0 Å². The first-order valence-electron chi connectivity index (χ1n) is 8.05. The van der Waals surface area contributed by atoms with E-state index in [9.17, 15) is 9.59 Å². The second-order valence-electron chi connectivity index (χ2n) is 5.79. The maximum atomic E-state index is 12.6. The standard InChI is InChI=1S/C17H19BrN2O5/c1-3-4-5-23-16(21)14-9(2)19-17(22)20-15(14)10-6-12-13(7-11(10)18)25-8-24-12/h6-7,15H,3-5,8H2,1-2H3,(H2,19,20,22)/t15-/m0/s1. The van der Waals surface area contributed by atoms with Crippen molar-refractivity contribution >= 4 is 27.9 Å². The van der Waals surface area contributed by atoms with Crippen molar-refractivity contribution in [3.8, 4) is 11.5 Å². The summed E-state index contributed by atoms with van der Waals surface area (Å²) in [6.45, 7) is 4.19. The minimum atomic E-state index is -0.647. The second kappa shape index (κ2) is 7.35. The van der Waals surface area contributed by atoms with Gasteiger partial charge in [0.1, 0.15) is 0 Å². The molecule has 0 bridgehead atoms. The summed E-state index contributed by atoms with van der Waals surface area (Å²) in [6.07, 6.45) is 1.72. The van der Waals surface area contributed by atoms with Crippen molar-refractivity contribution in [1.82, 2.24) is 10.6 Å². The Morgan fingerprint density at radius 3 is 2.80 bits per heavy atom. The largest absolute Gasteiger partial charge is 0.462 e. The molecule has 0 saturated carbocycles. The Bertz CT molecular complexity index is 747. The number of urea groups is 1. The van der Waals surface area contributed by atoms with Crippen molar-refractivity contribution in [3.63, 3.8) is 0 Å². The summed E-state index contributed by atoms with van der Waals surface area (Å²) in [5.74, 6) is 0.735. The fourth-order valence-electron chi connectivity index (χ4n) is 2.74. The molecule has 3 rings (SSSR count). The maximum absolute atomic E-state index is 12.6. The number of allylic oxidation sites excluding steroid dienone is 1. The monoisotopic (exact) mass is 410 g/mol. The van der Waals surface area contributed by atoms with E-state index in [1.165, 1.54) is 0 Å². The van der Waals surface area contributed by atoms with E-state index in [1.54, 1.807) is 19.1 Å². The Morgan fingerprint density at radius 2 is 2.08 bits per heavy atom. The van der Waals surface area contributed by atoms with Gasteiger partial charge >= 0.3 is 12.0 Å². The summed E-state index contributed by atoms with van der Waals surface area (Å²) in [4.78, 5) is 24.5. The lowest BCUT2D eigenvalue weighted by Gasteiger charge is -2.28. The molecule has 2 aliphatic rings. The second-order valence-corrected chi connectivity index (χ2v) is 6.64. The number of hydrogen-bond acceptors (Lipinski definition) is 5. The van der Waals surface area contributed by atoms with Gasteiger partial charge in [0.15, 0.2) is 11.5 Å². The lowest BCUT2D eigenvalue weighted by Crippen LogP contribution is -2.45. The number of carbonyl (C=O) groups is 2. The molecule has 2 amide bonds. The fourth-order valence-corrected chi connectivity index (χ4v) is 3.29. The minimum absolute atomic E-state index is 0.143. The first kappa shape index (κ1) is 17.6. The molecule has 1 atom stereocenters. The third-order valence-electron chi connectivity index (χ3n) is 4.02. The molecule has 1 aromatic carbocycles. The smallest absolute Gasteiger partial charge is 0.338 e. The number of amides is 2. The average Bonchev–Trinajstić information content (AvgIpc) is 3.00. The Morgan fingerprint density at radius 1 is 1.36 bits per heavy atom. The van der Waals surface area contributed by atoms with Crippen LogP contribution in [0.4, 0.5) is 4.79 Å². The zero-order chi connectivity index (χ0) is 18.0. The van der Waals surface area contributed by atoms with Gasteiger partial charge in [-0.05, 0) is 31.0 Å². The average molecular weight is 411 g/mol. The molecule has 0 saturated heterocycles. The van der Waals surface area contributed by atoms with E-state index in [4.69, 9.17) is 14.2 Å². The van der Waals surface area contributed by atoms with Crippen LogP contribution in [0.2, 0.25) is 0 Å². The predicted molar refractivity (Wildman–Crippen MR) is 93.2 cm³/mol. The van der Waals surface area contributed by atoms with Gasteiger partial charge in [-0.15, -0.1) is 0 Å². The highest BCUT2D eigenvalue weighted by Gasteiger charge is 2.34. The molecule has 1 aromatic rings. The Labute approximate surface area is 153 Å². The Hall–Kier alpha value is -2.22. The van der Waals surface area contributed by atoms with Crippen LogP contribution in [0.15, 0.2) is 27.9 Å². The molecule has 2 heterocycles. The summed E-state index contributed by atoms with van der Waals surface area (Å²) >= 11 is 3.48. The van der Waals surface area contributed by atoms with Crippen molar-refractivity contribution in [1.29, 1.82) is 0 Å². The molecule has 134 valence electrons. The van der Waals surface area contributed by atoms with Gasteiger partial charge in [-0.1, -0.05) is 29.3 Å². The molecule has 7 nitrogen and oxygen atoms in total. The molecule has 0 aromatic heterocycles. The van der Waals surface area contributed by atoms with E-state index < -0.39 is 12.0 Å². The van der Waals surface area contributed by atoms with Crippen molar-refractivity contribution in [2.75, 3.05) is 13.4 Å². The number of rotatable bonds is 5. The number of nitrogens with one attached hydrogen (secondary N) is 2. The quantitative estimate of drug-likeness (QED) is 0.575. The number of benzene rings is 1. The molecule has 0 unspecified atom stereocenters. The molecule has 0 spiro atoms. The van der Waals surface area contributed by atoms with Gasteiger partial charge in [0, 0.05) is 10.2 Å². The number of fused-ring (bicyclic) bond motifs is 1. The SMILES string of the molecule is CCCCOC(=O)C1=C(C)NC(=O)N[C@H]1c1cc2c(cc1Br)OCO2. The Balaban J connectivity index is 1.96. The number of carbonyl (C=O) groups excluding carboxylic acids is 2. The van der Waals surface area contributed by atoms with Crippen molar-refractivity contribution in [2.45, 2.75) is 32.7 Å². The van der Waals surface area contributed by atoms with Crippen LogP contribution in [0, 0.1) is 0 Å². The molecule has 0 aliphatic carbocycles. The van der Waals surface area contributed by atoms with E-state index in [-0.39, 0.29) is 12.8 Å². The molecule has 0 fully saturated rings. The molecule has 2 N–H and O–H groups in total. The van der Waals surface area contributed by atoms with E-state index >= 15 is 0 Å².